The highest BCUT2D eigenvalue weighted by Gasteiger charge is 2.44. The molecule has 0 saturated carbocycles. The highest BCUT2D eigenvalue weighted by Crippen LogP contribution is 2.47. The number of nitrogens with one attached hydrogen (secondary N) is 2. The van der Waals surface area contributed by atoms with E-state index in [2.05, 4.69) is 65.7 Å². The number of aromatic hydroxyl groups is 1. The molecule has 2 aliphatic heterocycles. The lowest BCUT2D eigenvalue weighted by atomic mass is 9.69. The Morgan fingerprint density at radius 2 is 1.62 bits per heavy atom. The van der Waals surface area contributed by atoms with Crippen molar-refractivity contribution in [1.82, 2.24) is 10.2 Å². The zero-order valence-electron chi connectivity index (χ0n) is 27.9. The summed E-state index contributed by atoms with van der Waals surface area (Å²) < 4.78 is 11.8. The third-order valence-electron chi connectivity index (χ3n) is 9.90. The van der Waals surface area contributed by atoms with Crippen LogP contribution in [0.5, 0.6) is 11.5 Å². The molecule has 2 heterocycles. The Labute approximate surface area is 291 Å². The summed E-state index contributed by atoms with van der Waals surface area (Å²) in [6, 6.07) is 29.0. The van der Waals surface area contributed by atoms with Crippen molar-refractivity contribution in [3.05, 3.63) is 137 Å². The second-order valence-corrected chi connectivity index (χ2v) is 13.1. The third kappa shape index (κ3) is 6.87. The SMILES string of the molecule is C=C1CCC(N2C(=O)c3ccc(NCCCOCCOc4ccc([C@@H]5c6ccc(O)cc6CC[C@@H]5c5ccccc5)cc4)cc3C2=O)C(=O)N1. The molecule has 256 valence electrons. The maximum atomic E-state index is 13.1. The van der Waals surface area contributed by atoms with Gasteiger partial charge < -0.3 is 25.2 Å². The van der Waals surface area contributed by atoms with E-state index in [1.165, 1.54) is 22.3 Å². The maximum absolute atomic E-state index is 13.1. The summed E-state index contributed by atoms with van der Waals surface area (Å²) >= 11 is 0. The van der Waals surface area contributed by atoms with Crippen LogP contribution in [-0.4, -0.2) is 60.1 Å². The van der Waals surface area contributed by atoms with Crippen LogP contribution < -0.4 is 15.4 Å². The summed E-state index contributed by atoms with van der Waals surface area (Å²) in [6.45, 7) is 5.79. The molecule has 1 fully saturated rings. The first-order valence-corrected chi connectivity index (χ1v) is 17.3. The molecule has 0 spiro atoms. The quantitative estimate of drug-likeness (QED) is 0.116. The van der Waals surface area contributed by atoms with Gasteiger partial charge >= 0.3 is 0 Å². The fourth-order valence-electron chi connectivity index (χ4n) is 7.44. The van der Waals surface area contributed by atoms with E-state index in [1.807, 2.05) is 18.2 Å². The number of phenols is 1. The molecule has 0 bridgehead atoms. The van der Waals surface area contributed by atoms with E-state index in [-0.39, 0.29) is 11.8 Å². The largest absolute Gasteiger partial charge is 0.508 e. The topological polar surface area (TPSA) is 117 Å². The number of rotatable bonds is 12. The number of carbonyl (C=O) groups is 3. The van der Waals surface area contributed by atoms with Crippen LogP contribution in [0.25, 0.3) is 0 Å². The van der Waals surface area contributed by atoms with Crippen LogP contribution in [0.15, 0.2) is 103 Å². The fraction of sp³-hybridized carbons (Fsp3) is 0.293. The predicted molar refractivity (Wildman–Crippen MR) is 191 cm³/mol. The van der Waals surface area contributed by atoms with Crippen molar-refractivity contribution >= 4 is 23.4 Å². The van der Waals surface area contributed by atoms with E-state index in [1.54, 1.807) is 24.3 Å². The molecule has 1 unspecified atom stereocenters. The second-order valence-electron chi connectivity index (χ2n) is 13.1. The predicted octanol–water partition coefficient (Wildman–Crippen LogP) is 6.54. The molecule has 3 amide bonds. The molecule has 0 radical (unpaired) electrons. The first-order chi connectivity index (χ1) is 24.4. The molecule has 7 rings (SSSR count). The number of piperidine rings is 1. The lowest BCUT2D eigenvalue weighted by molar-refractivity contribution is -0.125. The number of carbonyl (C=O) groups excluding carboxylic acids is 3. The lowest BCUT2D eigenvalue weighted by Crippen LogP contribution is -2.51. The van der Waals surface area contributed by atoms with Crippen LogP contribution in [0.4, 0.5) is 5.69 Å². The Balaban J connectivity index is 0.862. The fourth-order valence-corrected chi connectivity index (χ4v) is 7.44. The number of fused-ring (bicyclic) bond motifs is 2. The number of hydrogen-bond acceptors (Lipinski definition) is 7. The molecule has 3 atom stereocenters. The molecule has 9 nitrogen and oxygen atoms in total. The third-order valence-corrected chi connectivity index (χ3v) is 9.90. The van der Waals surface area contributed by atoms with Crippen LogP contribution in [0, 0.1) is 0 Å². The van der Waals surface area contributed by atoms with Gasteiger partial charge in [-0.2, -0.15) is 0 Å². The zero-order chi connectivity index (χ0) is 34.6. The summed E-state index contributed by atoms with van der Waals surface area (Å²) in [4.78, 5) is 39.6. The molecule has 0 aromatic heterocycles. The summed E-state index contributed by atoms with van der Waals surface area (Å²) in [6.07, 6.45) is 3.59. The van der Waals surface area contributed by atoms with Crippen LogP contribution in [0.3, 0.4) is 0 Å². The monoisotopic (exact) mass is 671 g/mol. The molecule has 1 aliphatic carbocycles. The number of anilines is 1. The van der Waals surface area contributed by atoms with E-state index >= 15 is 0 Å². The molecule has 1 saturated heterocycles. The molecular weight excluding hydrogens is 630 g/mol. The summed E-state index contributed by atoms with van der Waals surface area (Å²) in [5.74, 6) is 0.369. The van der Waals surface area contributed by atoms with E-state index in [0.29, 0.717) is 67.7 Å². The smallest absolute Gasteiger partial charge is 0.262 e. The molecular formula is C41H41N3O6. The molecule has 4 aromatic carbocycles. The summed E-state index contributed by atoms with van der Waals surface area (Å²) in [5, 5.41) is 16.1. The molecule has 3 N–H and O–H groups in total. The van der Waals surface area contributed by atoms with E-state index in [0.717, 1.165) is 35.6 Å². The molecule has 4 aromatic rings. The Bertz CT molecular complexity index is 1910. The Hall–Kier alpha value is -5.41. The van der Waals surface area contributed by atoms with Crippen molar-refractivity contribution < 1.29 is 29.0 Å². The van der Waals surface area contributed by atoms with Crippen molar-refractivity contribution in [2.75, 3.05) is 31.7 Å². The zero-order valence-corrected chi connectivity index (χ0v) is 27.9. The highest BCUT2D eigenvalue weighted by molar-refractivity contribution is 6.23. The first kappa shape index (κ1) is 33.1. The lowest BCUT2D eigenvalue weighted by Gasteiger charge is -2.34. The van der Waals surface area contributed by atoms with E-state index in [4.69, 9.17) is 9.47 Å². The second kappa shape index (κ2) is 14.6. The van der Waals surface area contributed by atoms with Crippen LogP contribution >= 0.6 is 0 Å². The highest BCUT2D eigenvalue weighted by atomic mass is 16.5. The van der Waals surface area contributed by atoms with Gasteiger partial charge in [0, 0.05) is 30.5 Å². The first-order valence-electron chi connectivity index (χ1n) is 17.3. The minimum atomic E-state index is -0.825. The number of hydrogen-bond donors (Lipinski definition) is 3. The number of amides is 3. The standard InChI is InChI=1S/C41H41N3O6/c1-26-8-19-37(39(46)43-26)44-40(47)35-17-12-30(25-36(35)41(44)48)42-20-5-21-49-22-23-50-32-14-9-28(10-15-32)38-33(27-6-3-2-4-7-27)16-11-29-24-31(45)13-18-34(29)38/h2-4,6-7,9-10,12-15,17-18,24-25,33,37-38,42,45H,1,5,8,11,16,19-23H2,(H,43,46)/t33-,37?,38+/m1/s1. The Kier molecular flexibility index (Phi) is 9.67. The molecule has 50 heavy (non-hydrogen) atoms. The van der Waals surface area contributed by atoms with Crippen molar-refractivity contribution in [2.45, 2.75) is 50.0 Å². The van der Waals surface area contributed by atoms with Gasteiger partial charge in [-0.3, -0.25) is 19.3 Å². The summed E-state index contributed by atoms with van der Waals surface area (Å²) in [5.41, 5.74) is 6.96. The number of imide groups is 1. The van der Waals surface area contributed by atoms with Gasteiger partial charge in [0.25, 0.3) is 11.8 Å². The number of ether oxygens (including phenoxy) is 2. The Morgan fingerprint density at radius 3 is 2.42 bits per heavy atom. The minimum absolute atomic E-state index is 0.188. The number of aryl methyl sites for hydroxylation is 1. The van der Waals surface area contributed by atoms with Crippen molar-refractivity contribution in [3.8, 4) is 11.5 Å². The van der Waals surface area contributed by atoms with Gasteiger partial charge in [0.05, 0.1) is 17.7 Å². The van der Waals surface area contributed by atoms with Crippen LogP contribution in [0.2, 0.25) is 0 Å². The van der Waals surface area contributed by atoms with Gasteiger partial charge in [-0.25, -0.2) is 0 Å². The average molecular weight is 672 g/mol. The number of nitrogens with zero attached hydrogens (tertiary/aromatic N) is 1. The van der Waals surface area contributed by atoms with Gasteiger partial charge in [-0.05, 0) is 103 Å². The Morgan fingerprint density at radius 1 is 0.820 bits per heavy atom. The number of benzene rings is 4. The minimum Gasteiger partial charge on any atom is -0.508 e. The van der Waals surface area contributed by atoms with E-state index in [9.17, 15) is 19.5 Å². The maximum Gasteiger partial charge on any atom is 0.262 e. The average Bonchev–Trinajstić information content (AvgIpc) is 3.37. The van der Waals surface area contributed by atoms with Gasteiger partial charge in [-0.1, -0.05) is 55.1 Å². The van der Waals surface area contributed by atoms with Crippen LogP contribution in [-0.2, 0) is 16.0 Å². The van der Waals surface area contributed by atoms with Crippen LogP contribution in [0.1, 0.15) is 80.5 Å². The van der Waals surface area contributed by atoms with Crippen molar-refractivity contribution in [1.29, 1.82) is 0 Å². The van der Waals surface area contributed by atoms with Gasteiger partial charge in [0.1, 0.15) is 24.1 Å². The molecule has 9 heteroatoms. The summed E-state index contributed by atoms with van der Waals surface area (Å²) in [7, 11) is 0. The van der Waals surface area contributed by atoms with Gasteiger partial charge in [0.2, 0.25) is 5.91 Å². The normalized spacial score (nSPS) is 19.9. The van der Waals surface area contributed by atoms with Gasteiger partial charge in [-0.15, -0.1) is 0 Å². The van der Waals surface area contributed by atoms with E-state index < -0.39 is 17.9 Å². The molecule has 3 aliphatic rings. The van der Waals surface area contributed by atoms with Gasteiger partial charge in [0.15, 0.2) is 0 Å². The number of allylic oxidation sites excluding steroid dienone is 1. The van der Waals surface area contributed by atoms with Crippen molar-refractivity contribution in [2.24, 2.45) is 0 Å². The van der Waals surface area contributed by atoms with Crippen molar-refractivity contribution in [3.63, 3.8) is 0 Å². The number of phenolic OH excluding ortho intramolecular Hbond substituents is 1.